The SMILES string of the molecule is Oc1ccccc1C1=NN2[C@H](C1)c1ccccc1O[C@@H]2c1ccccc1F. The van der Waals surface area contributed by atoms with Gasteiger partial charge in [-0.05, 0) is 24.3 Å². The number of para-hydroxylation sites is 2. The van der Waals surface area contributed by atoms with E-state index in [0.717, 1.165) is 17.0 Å². The molecule has 2 aliphatic heterocycles. The van der Waals surface area contributed by atoms with Gasteiger partial charge in [-0.1, -0.05) is 48.5 Å². The van der Waals surface area contributed by atoms with Crippen LogP contribution >= 0.6 is 0 Å². The summed E-state index contributed by atoms with van der Waals surface area (Å²) in [6.07, 6.45) is -0.0439. The van der Waals surface area contributed by atoms with E-state index in [1.54, 1.807) is 30.3 Å². The number of fused-ring (bicyclic) bond motifs is 3. The molecule has 27 heavy (non-hydrogen) atoms. The second-order valence-corrected chi connectivity index (χ2v) is 6.69. The van der Waals surface area contributed by atoms with E-state index in [4.69, 9.17) is 9.84 Å². The van der Waals surface area contributed by atoms with Crippen LogP contribution in [0.4, 0.5) is 4.39 Å². The molecule has 0 saturated carbocycles. The van der Waals surface area contributed by atoms with Crippen molar-refractivity contribution in [2.75, 3.05) is 0 Å². The van der Waals surface area contributed by atoms with Crippen molar-refractivity contribution in [1.82, 2.24) is 5.01 Å². The zero-order valence-electron chi connectivity index (χ0n) is 14.4. The smallest absolute Gasteiger partial charge is 0.216 e. The average Bonchev–Trinajstić information content (AvgIpc) is 3.14. The van der Waals surface area contributed by atoms with Crippen molar-refractivity contribution in [2.45, 2.75) is 18.7 Å². The van der Waals surface area contributed by atoms with Gasteiger partial charge in [-0.2, -0.15) is 5.10 Å². The number of hydrogen-bond acceptors (Lipinski definition) is 4. The van der Waals surface area contributed by atoms with Gasteiger partial charge < -0.3 is 9.84 Å². The molecule has 2 atom stereocenters. The standard InChI is InChI=1S/C22H17FN2O2/c23-17-10-4-1-7-14(17)22-25-19(16-9-3-6-12-21(16)27-22)13-18(24-25)15-8-2-5-11-20(15)26/h1-12,19,22,26H,13H2/t19-,22-/m1/s1. The Morgan fingerprint density at radius 1 is 0.926 bits per heavy atom. The maximum absolute atomic E-state index is 14.5. The van der Waals surface area contributed by atoms with Crippen molar-refractivity contribution < 1.29 is 14.2 Å². The van der Waals surface area contributed by atoms with Crippen molar-refractivity contribution >= 4 is 5.71 Å². The third-order valence-corrected chi connectivity index (χ3v) is 5.09. The first-order valence-corrected chi connectivity index (χ1v) is 8.86. The summed E-state index contributed by atoms with van der Waals surface area (Å²) in [6, 6.07) is 21.4. The van der Waals surface area contributed by atoms with Gasteiger partial charge in [0.1, 0.15) is 17.3 Å². The molecule has 0 fully saturated rings. The van der Waals surface area contributed by atoms with Crippen LogP contribution < -0.4 is 4.74 Å². The molecule has 4 nitrogen and oxygen atoms in total. The minimum Gasteiger partial charge on any atom is -0.507 e. The van der Waals surface area contributed by atoms with Gasteiger partial charge in [0, 0.05) is 17.5 Å². The lowest BCUT2D eigenvalue weighted by molar-refractivity contribution is -0.0212. The van der Waals surface area contributed by atoms with E-state index >= 15 is 0 Å². The number of benzene rings is 3. The summed E-state index contributed by atoms with van der Waals surface area (Å²) in [4.78, 5) is 0. The van der Waals surface area contributed by atoms with Crippen molar-refractivity contribution in [1.29, 1.82) is 0 Å². The fourth-order valence-electron chi connectivity index (χ4n) is 3.80. The summed E-state index contributed by atoms with van der Waals surface area (Å²) >= 11 is 0. The molecule has 1 N–H and O–H groups in total. The van der Waals surface area contributed by atoms with E-state index in [0.29, 0.717) is 17.5 Å². The lowest BCUT2D eigenvalue weighted by atomic mass is 9.95. The van der Waals surface area contributed by atoms with Crippen molar-refractivity contribution in [2.24, 2.45) is 5.10 Å². The molecule has 2 aliphatic rings. The summed E-state index contributed by atoms with van der Waals surface area (Å²) in [5.74, 6) is 0.598. The first kappa shape index (κ1) is 15.9. The highest BCUT2D eigenvalue weighted by Crippen LogP contribution is 2.48. The number of phenols is 1. The molecular formula is C22H17FN2O2. The highest BCUT2D eigenvalue weighted by atomic mass is 19.1. The Kier molecular flexibility index (Phi) is 3.60. The molecule has 0 radical (unpaired) electrons. The van der Waals surface area contributed by atoms with E-state index in [1.165, 1.54) is 6.07 Å². The van der Waals surface area contributed by atoms with Gasteiger partial charge in [-0.25, -0.2) is 9.40 Å². The van der Waals surface area contributed by atoms with Gasteiger partial charge in [-0.3, -0.25) is 0 Å². The Morgan fingerprint density at radius 3 is 2.44 bits per heavy atom. The number of aromatic hydroxyl groups is 1. The lowest BCUT2D eigenvalue weighted by Gasteiger charge is -2.38. The Hall–Kier alpha value is -3.34. The quantitative estimate of drug-likeness (QED) is 0.716. The molecule has 2 heterocycles. The minimum atomic E-state index is -0.658. The topological polar surface area (TPSA) is 45.1 Å². The molecule has 5 heteroatoms. The van der Waals surface area contributed by atoms with Crippen LogP contribution in [0.5, 0.6) is 11.5 Å². The maximum atomic E-state index is 14.5. The van der Waals surface area contributed by atoms with Crippen LogP contribution in [-0.2, 0) is 0 Å². The van der Waals surface area contributed by atoms with Crippen LogP contribution in [0.25, 0.3) is 0 Å². The van der Waals surface area contributed by atoms with Crippen molar-refractivity contribution in [3.8, 4) is 11.5 Å². The molecular weight excluding hydrogens is 343 g/mol. The zero-order valence-corrected chi connectivity index (χ0v) is 14.4. The number of hydrogen-bond donors (Lipinski definition) is 1. The molecule has 3 aromatic rings. The summed E-state index contributed by atoms with van der Waals surface area (Å²) in [6.45, 7) is 0. The second-order valence-electron chi connectivity index (χ2n) is 6.69. The molecule has 134 valence electrons. The lowest BCUT2D eigenvalue weighted by Crippen LogP contribution is -2.34. The Bertz CT molecular complexity index is 1050. The summed E-state index contributed by atoms with van der Waals surface area (Å²) < 4.78 is 20.6. The fourth-order valence-corrected chi connectivity index (χ4v) is 3.80. The van der Waals surface area contributed by atoms with Crippen LogP contribution in [0.2, 0.25) is 0 Å². The normalized spacial score (nSPS) is 20.5. The molecule has 0 bridgehead atoms. The third kappa shape index (κ3) is 2.54. The number of nitrogens with zero attached hydrogens (tertiary/aromatic N) is 2. The predicted octanol–water partition coefficient (Wildman–Crippen LogP) is 4.77. The molecule has 0 unspecified atom stereocenters. The molecule has 0 aromatic heterocycles. The highest BCUT2D eigenvalue weighted by Gasteiger charge is 2.41. The van der Waals surface area contributed by atoms with Crippen LogP contribution in [0.3, 0.4) is 0 Å². The summed E-state index contributed by atoms with van der Waals surface area (Å²) in [5.41, 5.74) is 2.91. The largest absolute Gasteiger partial charge is 0.507 e. The number of halogens is 1. The monoisotopic (exact) mass is 360 g/mol. The molecule has 0 aliphatic carbocycles. The minimum absolute atomic E-state index is 0.0748. The summed E-state index contributed by atoms with van der Waals surface area (Å²) in [7, 11) is 0. The third-order valence-electron chi connectivity index (χ3n) is 5.09. The molecule has 0 spiro atoms. The Morgan fingerprint density at radius 2 is 1.63 bits per heavy atom. The van der Waals surface area contributed by atoms with Gasteiger partial charge in [0.15, 0.2) is 0 Å². The van der Waals surface area contributed by atoms with Crippen LogP contribution in [0.1, 0.15) is 35.4 Å². The molecule has 0 saturated heterocycles. The van der Waals surface area contributed by atoms with Crippen molar-refractivity contribution in [3.63, 3.8) is 0 Å². The van der Waals surface area contributed by atoms with E-state index in [-0.39, 0.29) is 17.6 Å². The van der Waals surface area contributed by atoms with Crippen LogP contribution in [0.15, 0.2) is 77.9 Å². The maximum Gasteiger partial charge on any atom is 0.216 e. The van der Waals surface area contributed by atoms with Gasteiger partial charge >= 0.3 is 0 Å². The van der Waals surface area contributed by atoms with Gasteiger partial charge in [0.25, 0.3) is 0 Å². The number of hydrazone groups is 1. The van der Waals surface area contributed by atoms with Gasteiger partial charge in [-0.15, -0.1) is 0 Å². The Labute approximate surface area is 156 Å². The predicted molar refractivity (Wildman–Crippen MR) is 100 cm³/mol. The van der Waals surface area contributed by atoms with E-state index in [9.17, 15) is 9.50 Å². The zero-order chi connectivity index (χ0) is 18.4. The number of ether oxygens (including phenoxy) is 1. The first-order valence-electron chi connectivity index (χ1n) is 8.86. The van der Waals surface area contributed by atoms with Crippen molar-refractivity contribution in [3.05, 3.63) is 95.3 Å². The first-order chi connectivity index (χ1) is 13.2. The van der Waals surface area contributed by atoms with E-state index in [2.05, 4.69) is 0 Å². The molecule has 0 amide bonds. The molecule has 3 aromatic carbocycles. The van der Waals surface area contributed by atoms with Crippen LogP contribution in [-0.4, -0.2) is 15.8 Å². The number of rotatable bonds is 2. The molecule has 5 rings (SSSR count). The highest BCUT2D eigenvalue weighted by molar-refractivity contribution is 6.04. The van der Waals surface area contributed by atoms with Gasteiger partial charge in [0.05, 0.1) is 17.3 Å². The van der Waals surface area contributed by atoms with Crippen LogP contribution in [0, 0.1) is 5.82 Å². The summed E-state index contributed by atoms with van der Waals surface area (Å²) in [5, 5.41) is 16.8. The van der Waals surface area contributed by atoms with E-state index < -0.39 is 6.23 Å². The van der Waals surface area contributed by atoms with E-state index in [1.807, 2.05) is 41.4 Å². The Balaban J connectivity index is 1.64. The average molecular weight is 360 g/mol. The fraction of sp³-hybridized carbons (Fsp3) is 0.136. The van der Waals surface area contributed by atoms with Gasteiger partial charge in [0.2, 0.25) is 6.23 Å². The second kappa shape index (κ2) is 6.13. The number of phenolic OH excluding ortho intramolecular Hbond substituents is 1.